The third kappa shape index (κ3) is 3.98. The van der Waals surface area contributed by atoms with E-state index in [1.165, 1.54) is 11.3 Å². The van der Waals surface area contributed by atoms with Crippen LogP contribution in [0.3, 0.4) is 0 Å². The first-order valence-electron chi connectivity index (χ1n) is 10.1. The van der Waals surface area contributed by atoms with Crippen LogP contribution in [0.5, 0.6) is 0 Å². The Bertz CT molecular complexity index is 1110. The largest absolute Gasteiger partial charge is 0.311 e. The lowest BCUT2D eigenvalue weighted by molar-refractivity contribution is -0.117. The van der Waals surface area contributed by atoms with Crippen molar-refractivity contribution in [2.24, 2.45) is 0 Å². The van der Waals surface area contributed by atoms with Crippen LogP contribution in [0.2, 0.25) is 0 Å². The van der Waals surface area contributed by atoms with Crippen molar-refractivity contribution in [3.05, 3.63) is 69.7 Å². The molecule has 1 atom stereocenters. The van der Waals surface area contributed by atoms with E-state index in [0.29, 0.717) is 23.7 Å². The van der Waals surface area contributed by atoms with Crippen LogP contribution in [0.4, 0.5) is 10.8 Å². The number of benzene rings is 2. The highest BCUT2D eigenvalue weighted by atomic mass is 32.1. The number of aryl methyl sites for hydroxylation is 3. The fourth-order valence-electron chi connectivity index (χ4n) is 3.68. The average Bonchev–Trinajstić information content (AvgIpc) is 3.36. The minimum atomic E-state index is -0.207. The van der Waals surface area contributed by atoms with E-state index >= 15 is 0 Å². The molecule has 1 fully saturated rings. The van der Waals surface area contributed by atoms with E-state index in [0.717, 1.165) is 33.8 Å². The van der Waals surface area contributed by atoms with Crippen LogP contribution in [0.15, 0.2) is 42.5 Å². The molecule has 0 aliphatic carbocycles. The Labute approximate surface area is 180 Å². The predicted octanol–water partition coefficient (Wildman–Crippen LogP) is 4.49. The summed E-state index contributed by atoms with van der Waals surface area (Å²) in [5.41, 5.74) is 4.93. The number of carbonyl (C=O) groups is 2. The Kier molecular flexibility index (Phi) is 5.63. The van der Waals surface area contributed by atoms with Crippen molar-refractivity contribution in [2.75, 3.05) is 16.8 Å². The van der Waals surface area contributed by atoms with Crippen molar-refractivity contribution in [1.29, 1.82) is 0 Å². The molecule has 4 rings (SSSR count). The molecule has 0 radical (unpaired) electrons. The second kappa shape index (κ2) is 8.36. The summed E-state index contributed by atoms with van der Waals surface area (Å²) in [4.78, 5) is 27.0. The average molecular weight is 421 g/mol. The second-order valence-electron chi connectivity index (χ2n) is 7.59. The van der Waals surface area contributed by atoms with Crippen LogP contribution >= 0.6 is 11.3 Å². The van der Waals surface area contributed by atoms with E-state index in [4.69, 9.17) is 0 Å². The van der Waals surface area contributed by atoms with Gasteiger partial charge < -0.3 is 4.90 Å². The Morgan fingerprint density at radius 2 is 1.97 bits per heavy atom. The first kappa shape index (κ1) is 20.2. The zero-order valence-electron chi connectivity index (χ0n) is 17.3. The zero-order valence-corrected chi connectivity index (χ0v) is 18.1. The highest BCUT2D eigenvalue weighted by Gasteiger charge is 2.34. The van der Waals surface area contributed by atoms with E-state index < -0.39 is 0 Å². The van der Waals surface area contributed by atoms with Gasteiger partial charge in [-0.25, -0.2) is 0 Å². The van der Waals surface area contributed by atoms with Crippen LogP contribution in [-0.2, 0) is 11.2 Å². The van der Waals surface area contributed by atoms with E-state index in [9.17, 15) is 9.59 Å². The molecule has 6 nitrogen and oxygen atoms in total. The van der Waals surface area contributed by atoms with Gasteiger partial charge in [-0.2, -0.15) is 0 Å². The molecule has 1 aliphatic rings. The third-order valence-electron chi connectivity index (χ3n) is 5.57. The molecule has 0 spiro atoms. The van der Waals surface area contributed by atoms with Crippen LogP contribution in [0.25, 0.3) is 0 Å². The lowest BCUT2D eigenvalue weighted by atomic mass is 10.1. The quantitative estimate of drug-likeness (QED) is 0.660. The summed E-state index contributed by atoms with van der Waals surface area (Å²) < 4.78 is 0. The molecule has 7 heteroatoms. The molecule has 1 saturated heterocycles. The topological polar surface area (TPSA) is 75.2 Å². The summed E-state index contributed by atoms with van der Waals surface area (Å²) in [6.07, 6.45) is 1.27. The van der Waals surface area contributed by atoms with E-state index in [2.05, 4.69) is 28.5 Å². The summed E-state index contributed by atoms with van der Waals surface area (Å²) in [6, 6.07) is 13.6. The number of hydrogen-bond donors (Lipinski definition) is 1. The molecule has 2 aromatic carbocycles. The molecule has 1 aliphatic heterocycles. The third-order valence-corrected chi connectivity index (χ3v) is 6.57. The highest BCUT2D eigenvalue weighted by molar-refractivity contribution is 7.15. The van der Waals surface area contributed by atoms with Gasteiger partial charge in [-0.15, -0.1) is 10.2 Å². The maximum Gasteiger partial charge on any atom is 0.257 e. The van der Waals surface area contributed by atoms with Gasteiger partial charge in [0.15, 0.2) is 0 Å². The van der Waals surface area contributed by atoms with Gasteiger partial charge in [0.25, 0.3) is 5.91 Å². The number of anilines is 2. The molecule has 0 unspecified atom stereocenters. The van der Waals surface area contributed by atoms with Crippen LogP contribution < -0.4 is 10.2 Å². The van der Waals surface area contributed by atoms with Crippen molar-refractivity contribution in [2.45, 2.75) is 39.5 Å². The number of hydrogen-bond acceptors (Lipinski definition) is 5. The van der Waals surface area contributed by atoms with Gasteiger partial charge in [-0.1, -0.05) is 42.5 Å². The van der Waals surface area contributed by atoms with Gasteiger partial charge >= 0.3 is 0 Å². The van der Waals surface area contributed by atoms with Crippen molar-refractivity contribution in [3.63, 3.8) is 0 Å². The minimum Gasteiger partial charge on any atom is -0.311 e. The van der Waals surface area contributed by atoms with Crippen LogP contribution in [0, 0.1) is 13.8 Å². The van der Waals surface area contributed by atoms with Gasteiger partial charge in [0.2, 0.25) is 11.0 Å². The SMILES string of the molecule is CCc1ccccc1N1C[C@@H](c2nnc(NC(=O)c3ccc(C)c(C)c3)s2)CC1=O. The summed E-state index contributed by atoms with van der Waals surface area (Å²) in [7, 11) is 0. The maximum atomic E-state index is 12.7. The number of amides is 2. The summed E-state index contributed by atoms with van der Waals surface area (Å²) in [6.45, 7) is 6.66. The molecule has 2 amide bonds. The smallest absolute Gasteiger partial charge is 0.257 e. The fraction of sp³-hybridized carbons (Fsp3) is 0.304. The Morgan fingerprint density at radius 3 is 2.73 bits per heavy atom. The fourth-order valence-corrected chi connectivity index (χ4v) is 4.51. The number of nitrogens with zero attached hydrogens (tertiary/aromatic N) is 3. The van der Waals surface area contributed by atoms with Gasteiger partial charge in [0, 0.05) is 30.1 Å². The number of rotatable bonds is 5. The standard InChI is InChI=1S/C23H24N4O2S/c1-4-16-7-5-6-8-19(16)27-13-18(12-20(27)28)22-25-26-23(30-22)24-21(29)17-10-9-14(2)15(3)11-17/h5-11,18H,4,12-13H2,1-3H3,(H,24,26,29)/t18-/m0/s1. The lowest BCUT2D eigenvalue weighted by Crippen LogP contribution is -2.25. The molecule has 0 saturated carbocycles. The molecular weight excluding hydrogens is 396 g/mol. The Balaban J connectivity index is 1.47. The van der Waals surface area contributed by atoms with Gasteiger partial charge in [-0.3, -0.25) is 14.9 Å². The molecule has 0 bridgehead atoms. The molecular formula is C23H24N4O2S. The van der Waals surface area contributed by atoms with Crippen molar-refractivity contribution < 1.29 is 9.59 Å². The monoisotopic (exact) mass is 420 g/mol. The second-order valence-corrected chi connectivity index (χ2v) is 8.60. The highest BCUT2D eigenvalue weighted by Crippen LogP contribution is 2.35. The van der Waals surface area contributed by atoms with Gasteiger partial charge in [-0.05, 0) is 55.2 Å². The van der Waals surface area contributed by atoms with Crippen molar-refractivity contribution in [3.8, 4) is 0 Å². The zero-order chi connectivity index (χ0) is 21.3. The molecule has 154 valence electrons. The van der Waals surface area contributed by atoms with Crippen molar-refractivity contribution >= 4 is 34.0 Å². The molecule has 2 heterocycles. The first-order valence-corrected chi connectivity index (χ1v) is 10.9. The normalized spacial score (nSPS) is 16.2. The molecule has 1 N–H and O–H groups in total. The van der Waals surface area contributed by atoms with E-state index in [1.54, 1.807) is 6.07 Å². The lowest BCUT2D eigenvalue weighted by Gasteiger charge is -2.19. The molecule has 1 aromatic heterocycles. The number of para-hydroxylation sites is 1. The van der Waals surface area contributed by atoms with Crippen LogP contribution in [0.1, 0.15) is 51.3 Å². The Morgan fingerprint density at radius 1 is 1.17 bits per heavy atom. The number of carbonyl (C=O) groups excluding carboxylic acids is 2. The maximum absolute atomic E-state index is 12.7. The summed E-state index contributed by atoms with van der Waals surface area (Å²) in [5.74, 6) is -0.134. The van der Waals surface area contributed by atoms with Gasteiger partial charge in [0.1, 0.15) is 5.01 Å². The van der Waals surface area contributed by atoms with Gasteiger partial charge in [0.05, 0.1) is 0 Å². The van der Waals surface area contributed by atoms with Crippen molar-refractivity contribution in [1.82, 2.24) is 10.2 Å². The molecule has 30 heavy (non-hydrogen) atoms. The van der Waals surface area contributed by atoms with E-state index in [1.807, 2.05) is 49.1 Å². The summed E-state index contributed by atoms with van der Waals surface area (Å²) in [5, 5.41) is 12.4. The summed E-state index contributed by atoms with van der Waals surface area (Å²) >= 11 is 1.34. The number of nitrogens with one attached hydrogen (secondary N) is 1. The number of aromatic nitrogens is 2. The van der Waals surface area contributed by atoms with Crippen LogP contribution in [-0.4, -0.2) is 28.6 Å². The minimum absolute atomic E-state index is 0.0211. The Hall–Kier alpha value is -3.06. The predicted molar refractivity (Wildman–Crippen MR) is 119 cm³/mol. The molecule has 3 aromatic rings. The van der Waals surface area contributed by atoms with E-state index in [-0.39, 0.29) is 17.7 Å². The first-order chi connectivity index (χ1) is 14.5.